The number of hydrogen-bond donors (Lipinski definition) is 2. The van der Waals surface area contributed by atoms with Crippen LogP contribution in [0.25, 0.3) is 10.9 Å². The molecule has 3 aromatic rings. The van der Waals surface area contributed by atoms with Gasteiger partial charge in [0.2, 0.25) is 0 Å². The van der Waals surface area contributed by atoms with Gasteiger partial charge in [0.15, 0.2) is 0 Å². The lowest BCUT2D eigenvalue weighted by Gasteiger charge is -2.17. The third kappa shape index (κ3) is 3.58. The van der Waals surface area contributed by atoms with Crippen molar-refractivity contribution in [3.05, 3.63) is 64.2 Å². The zero-order valence-electron chi connectivity index (χ0n) is 15.0. The fourth-order valence-electron chi connectivity index (χ4n) is 3.02. The summed E-state index contributed by atoms with van der Waals surface area (Å²) in [6.07, 6.45) is 0. The molecule has 7 heteroatoms. The SMILES string of the molecule is [B]c1cccc2c1c(O)c(C(=O)Nc1cccc(F)c1)c(=O)n2CC(C)C. The summed E-state index contributed by atoms with van der Waals surface area (Å²) in [5.41, 5.74) is -0.176. The molecule has 0 saturated carbocycles. The topological polar surface area (TPSA) is 71.3 Å². The minimum atomic E-state index is -0.828. The molecule has 136 valence electrons. The summed E-state index contributed by atoms with van der Waals surface area (Å²) in [7, 11) is 5.99. The molecular weight excluding hydrogens is 346 g/mol. The summed E-state index contributed by atoms with van der Waals surface area (Å²) in [6, 6.07) is 10.2. The zero-order valence-corrected chi connectivity index (χ0v) is 15.0. The first-order valence-electron chi connectivity index (χ1n) is 8.50. The lowest BCUT2D eigenvalue weighted by Crippen LogP contribution is -2.32. The molecule has 0 spiro atoms. The highest BCUT2D eigenvalue weighted by molar-refractivity contribution is 6.39. The van der Waals surface area contributed by atoms with Crippen LogP contribution in [-0.2, 0) is 6.54 Å². The van der Waals surface area contributed by atoms with Gasteiger partial charge >= 0.3 is 0 Å². The number of benzene rings is 2. The van der Waals surface area contributed by atoms with Crippen molar-refractivity contribution in [2.24, 2.45) is 5.92 Å². The Morgan fingerprint density at radius 3 is 2.63 bits per heavy atom. The Bertz CT molecular complexity index is 1090. The van der Waals surface area contributed by atoms with Gasteiger partial charge in [0.05, 0.1) is 5.52 Å². The van der Waals surface area contributed by atoms with Crippen LogP contribution < -0.4 is 16.3 Å². The quantitative estimate of drug-likeness (QED) is 0.699. The van der Waals surface area contributed by atoms with Crippen LogP contribution in [0.1, 0.15) is 24.2 Å². The van der Waals surface area contributed by atoms with E-state index in [1.807, 2.05) is 13.8 Å². The van der Waals surface area contributed by atoms with Crippen LogP contribution >= 0.6 is 0 Å². The fraction of sp³-hybridized carbons (Fsp3) is 0.200. The van der Waals surface area contributed by atoms with Crippen molar-refractivity contribution in [3.63, 3.8) is 0 Å². The molecule has 2 radical (unpaired) electrons. The van der Waals surface area contributed by atoms with E-state index in [0.717, 1.165) is 6.07 Å². The number of anilines is 1. The largest absolute Gasteiger partial charge is 0.506 e. The number of fused-ring (bicyclic) bond motifs is 1. The number of aromatic nitrogens is 1. The Labute approximate surface area is 156 Å². The van der Waals surface area contributed by atoms with Crippen molar-refractivity contribution in [2.45, 2.75) is 20.4 Å². The monoisotopic (exact) mass is 364 g/mol. The number of halogens is 1. The van der Waals surface area contributed by atoms with E-state index in [1.54, 1.807) is 18.2 Å². The van der Waals surface area contributed by atoms with E-state index in [4.69, 9.17) is 7.85 Å². The van der Waals surface area contributed by atoms with Crippen LogP contribution in [0.3, 0.4) is 0 Å². The summed E-state index contributed by atoms with van der Waals surface area (Å²) >= 11 is 0. The van der Waals surface area contributed by atoms with Gasteiger partial charge in [-0.1, -0.05) is 37.5 Å². The molecule has 1 heterocycles. The molecule has 0 saturated heterocycles. The summed E-state index contributed by atoms with van der Waals surface area (Å²) in [4.78, 5) is 25.7. The van der Waals surface area contributed by atoms with E-state index in [2.05, 4.69) is 5.32 Å². The predicted octanol–water partition coefficient (Wildman–Crippen LogP) is 2.55. The number of amides is 1. The molecule has 27 heavy (non-hydrogen) atoms. The van der Waals surface area contributed by atoms with Gasteiger partial charge in [-0.2, -0.15) is 0 Å². The average molecular weight is 364 g/mol. The number of pyridine rings is 1. The van der Waals surface area contributed by atoms with Gasteiger partial charge in [0.25, 0.3) is 11.5 Å². The minimum absolute atomic E-state index is 0.121. The highest BCUT2D eigenvalue weighted by Crippen LogP contribution is 2.26. The van der Waals surface area contributed by atoms with E-state index < -0.39 is 28.6 Å². The number of nitrogens with zero attached hydrogens (tertiary/aromatic N) is 1. The minimum Gasteiger partial charge on any atom is -0.506 e. The molecule has 2 aromatic carbocycles. The normalized spacial score (nSPS) is 11.1. The maximum atomic E-state index is 13.4. The third-order valence-corrected chi connectivity index (χ3v) is 4.16. The first kappa shape index (κ1) is 18.7. The van der Waals surface area contributed by atoms with Gasteiger partial charge < -0.3 is 15.0 Å². The molecule has 5 nitrogen and oxygen atoms in total. The molecule has 0 bridgehead atoms. The lowest BCUT2D eigenvalue weighted by atomic mass is 9.90. The molecule has 0 aliphatic carbocycles. The second-order valence-electron chi connectivity index (χ2n) is 6.74. The first-order valence-corrected chi connectivity index (χ1v) is 8.50. The molecule has 0 fully saturated rings. The van der Waals surface area contributed by atoms with Crippen molar-refractivity contribution in [1.29, 1.82) is 0 Å². The van der Waals surface area contributed by atoms with Gasteiger partial charge in [-0.15, -0.1) is 0 Å². The van der Waals surface area contributed by atoms with Gasteiger partial charge in [-0.25, -0.2) is 4.39 Å². The van der Waals surface area contributed by atoms with Crippen LogP contribution in [0.4, 0.5) is 10.1 Å². The van der Waals surface area contributed by atoms with Crippen molar-refractivity contribution >= 4 is 35.8 Å². The number of rotatable bonds is 4. The molecule has 1 aromatic heterocycles. The Kier molecular flexibility index (Phi) is 5.03. The predicted molar refractivity (Wildman–Crippen MR) is 104 cm³/mol. The Balaban J connectivity index is 2.21. The van der Waals surface area contributed by atoms with Gasteiger partial charge in [0, 0.05) is 17.6 Å². The van der Waals surface area contributed by atoms with Crippen LogP contribution in [0.5, 0.6) is 5.75 Å². The summed E-state index contributed by atoms with van der Waals surface area (Å²) in [5, 5.41) is 13.3. The highest BCUT2D eigenvalue weighted by atomic mass is 19.1. The fourth-order valence-corrected chi connectivity index (χ4v) is 3.02. The molecule has 0 aliphatic rings. The van der Waals surface area contributed by atoms with E-state index in [1.165, 1.54) is 22.8 Å². The second-order valence-corrected chi connectivity index (χ2v) is 6.74. The molecule has 2 N–H and O–H groups in total. The molecule has 1 amide bonds. The summed E-state index contributed by atoms with van der Waals surface area (Å²) < 4.78 is 14.8. The average Bonchev–Trinajstić information content (AvgIpc) is 2.58. The molecule has 0 atom stereocenters. The van der Waals surface area contributed by atoms with E-state index in [0.29, 0.717) is 12.1 Å². The van der Waals surface area contributed by atoms with Crippen LogP contribution in [0, 0.1) is 11.7 Å². The van der Waals surface area contributed by atoms with Gasteiger partial charge in [-0.3, -0.25) is 9.59 Å². The van der Waals surface area contributed by atoms with Crippen molar-refractivity contribution < 1.29 is 14.3 Å². The Hall–Kier alpha value is -3.09. The molecular formula is C20H18BFN2O3. The summed E-state index contributed by atoms with van der Waals surface area (Å²) in [6.45, 7) is 4.22. The molecule has 0 aliphatic heterocycles. The number of hydrogen-bond acceptors (Lipinski definition) is 3. The number of carbonyl (C=O) groups is 1. The van der Waals surface area contributed by atoms with Crippen molar-refractivity contribution in [2.75, 3.05) is 5.32 Å². The van der Waals surface area contributed by atoms with E-state index >= 15 is 0 Å². The van der Waals surface area contributed by atoms with Gasteiger partial charge in [0.1, 0.15) is 25.0 Å². The zero-order chi connectivity index (χ0) is 19.7. The highest BCUT2D eigenvalue weighted by Gasteiger charge is 2.23. The Morgan fingerprint density at radius 2 is 1.96 bits per heavy atom. The second kappa shape index (κ2) is 7.27. The maximum absolute atomic E-state index is 13.4. The Morgan fingerprint density at radius 1 is 1.26 bits per heavy atom. The number of carbonyl (C=O) groups excluding carboxylic acids is 1. The lowest BCUT2D eigenvalue weighted by molar-refractivity contribution is 0.102. The van der Waals surface area contributed by atoms with Crippen LogP contribution in [0.2, 0.25) is 0 Å². The standard InChI is InChI=1S/C20H18BFN2O3/c1-11(2)10-24-15-8-4-7-14(21)16(15)18(25)17(20(24)27)19(26)23-13-6-3-5-12(22)9-13/h3-9,11,25H,10H2,1-2H3,(H,23,26). The first-order chi connectivity index (χ1) is 12.8. The van der Waals surface area contributed by atoms with Gasteiger partial charge in [-0.05, 0) is 30.2 Å². The van der Waals surface area contributed by atoms with E-state index in [9.17, 15) is 19.1 Å². The maximum Gasteiger partial charge on any atom is 0.267 e. The van der Waals surface area contributed by atoms with Crippen LogP contribution in [-0.4, -0.2) is 23.4 Å². The third-order valence-electron chi connectivity index (χ3n) is 4.16. The molecule has 0 unspecified atom stereocenters. The number of aromatic hydroxyl groups is 1. The van der Waals surface area contributed by atoms with Crippen molar-refractivity contribution in [1.82, 2.24) is 4.57 Å². The summed E-state index contributed by atoms with van der Waals surface area (Å²) in [5.74, 6) is -1.72. The smallest absolute Gasteiger partial charge is 0.267 e. The van der Waals surface area contributed by atoms with E-state index in [-0.39, 0.29) is 22.5 Å². The van der Waals surface area contributed by atoms with Crippen molar-refractivity contribution in [3.8, 4) is 5.75 Å². The van der Waals surface area contributed by atoms with Crippen LogP contribution in [0.15, 0.2) is 47.3 Å². The number of nitrogens with one attached hydrogen (secondary N) is 1. The molecule has 3 rings (SSSR count).